The van der Waals surface area contributed by atoms with Gasteiger partial charge >= 0.3 is 0 Å². The molecule has 4 aliphatic carbocycles. The van der Waals surface area contributed by atoms with Gasteiger partial charge in [-0.2, -0.15) is 0 Å². The molecule has 0 aromatic rings. The van der Waals surface area contributed by atoms with Gasteiger partial charge in [0.15, 0.2) is 0 Å². The molecule has 5 rings (SSSR count). The van der Waals surface area contributed by atoms with Crippen LogP contribution in [-0.4, -0.2) is 12.7 Å². The molecular weight excluding hydrogens is 176 g/mol. The van der Waals surface area contributed by atoms with Gasteiger partial charge in [0.1, 0.15) is 12.7 Å². The molecule has 1 atom stereocenters. The van der Waals surface area contributed by atoms with Gasteiger partial charge in [-0.05, 0) is 61.7 Å². The summed E-state index contributed by atoms with van der Waals surface area (Å²) in [6.07, 6.45) is 8.00. The molecule has 4 bridgehead atoms. The Kier molecular flexibility index (Phi) is 1.58. The van der Waals surface area contributed by atoms with Crippen molar-refractivity contribution in [2.45, 2.75) is 38.2 Å². The van der Waals surface area contributed by atoms with Crippen molar-refractivity contribution in [3.8, 4) is 0 Å². The molecule has 14 heavy (non-hydrogen) atoms. The maximum atomic E-state index is 5.26. The van der Waals surface area contributed by atoms with Crippen molar-refractivity contribution in [3.63, 3.8) is 0 Å². The first-order valence-electron chi connectivity index (χ1n) is 6.18. The fourth-order valence-electron chi connectivity index (χ4n) is 4.90. The van der Waals surface area contributed by atoms with Crippen LogP contribution in [0.5, 0.6) is 0 Å². The standard InChI is InChI=1S/C12H18O2/c1-7-2-9-4-8(1)5-10(3-7)12(9)11-6-13-14-11/h7-12H,1-6H2. The Hall–Kier alpha value is -0.0800. The second kappa shape index (κ2) is 2.73. The summed E-state index contributed by atoms with van der Waals surface area (Å²) < 4.78 is 0. The predicted molar refractivity (Wildman–Crippen MR) is 51.4 cm³/mol. The lowest BCUT2D eigenvalue weighted by Gasteiger charge is -2.56. The van der Waals surface area contributed by atoms with Gasteiger partial charge in [0.2, 0.25) is 0 Å². The van der Waals surface area contributed by atoms with Crippen LogP contribution in [0, 0.1) is 29.6 Å². The fraction of sp³-hybridized carbons (Fsp3) is 1.00. The molecule has 0 spiro atoms. The molecule has 0 aromatic heterocycles. The SMILES string of the molecule is C1C2CC3CC1CC(C2)C3C1COO1. The molecule has 0 N–H and O–H groups in total. The van der Waals surface area contributed by atoms with E-state index in [4.69, 9.17) is 9.78 Å². The van der Waals surface area contributed by atoms with E-state index in [2.05, 4.69) is 0 Å². The highest BCUT2D eigenvalue weighted by atomic mass is 17.2. The Morgan fingerprint density at radius 1 is 0.786 bits per heavy atom. The largest absolute Gasteiger partial charge is 0.233 e. The van der Waals surface area contributed by atoms with Gasteiger partial charge in [0, 0.05) is 0 Å². The van der Waals surface area contributed by atoms with E-state index in [1.165, 1.54) is 25.7 Å². The van der Waals surface area contributed by atoms with E-state index in [9.17, 15) is 0 Å². The van der Waals surface area contributed by atoms with E-state index < -0.39 is 0 Å². The normalized spacial score (nSPS) is 60.0. The van der Waals surface area contributed by atoms with Gasteiger partial charge in [0.25, 0.3) is 0 Å². The number of hydrogen-bond donors (Lipinski definition) is 0. The van der Waals surface area contributed by atoms with Gasteiger partial charge in [-0.25, -0.2) is 9.78 Å². The van der Waals surface area contributed by atoms with E-state index in [1.54, 1.807) is 6.42 Å². The molecular formula is C12H18O2. The molecule has 78 valence electrons. The first kappa shape index (κ1) is 8.12. The lowest BCUT2D eigenvalue weighted by molar-refractivity contribution is -0.443. The Morgan fingerprint density at radius 3 is 1.79 bits per heavy atom. The lowest BCUT2D eigenvalue weighted by Crippen LogP contribution is -2.53. The average molecular weight is 194 g/mol. The topological polar surface area (TPSA) is 18.5 Å². The zero-order chi connectivity index (χ0) is 9.12. The summed E-state index contributed by atoms with van der Waals surface area (Å²) in [5, 5.41) is 0. The zero-order valence-corrected chi connectivity index (χ0v) is 8.52. The average Bonchev–Trinajstić information content (AvgIpc) is 2.06. The van der Waals surface area contributed by atoms with Crippen molar-refractivity contribution in [1.82, 2.24) is 0 Å². The molecule has 1 unspecified atom stereocenters. The van der Waals surface area contributed by atoms with Gasteiger partial charge < -0.3 is 0 Å². The van der Waals surface area contributed by atoms with Crippen molar-refractivity contribution in [2.75, 3.05) is 6.61 Å². The van der Waals surface area contributed by atoms with Crippen molar-refractivity contribution >= 4 is 0 Å². The summed E-state index contributed by atoms with van der Waals surface area (Å²) in [6, 6.07) is 0. The van der Waals surface area contributed by atoms with Crippen LogP contribution in [0.25, 0.3) is 0 Å². The quantitative estimate of drug-likeness (QED) is 0.597. The van der Waals surface area contributed by atoms with Crippen molar-refractivity contribution in [2.24, 2.45) is 29.6 Å². The van der Waals surface area contributed by atoms with Crippen LogP contribution in [0.3, 0.4) is 0 Å². The number of hydrogen-bond acceptors (Lipinski definition) is 2. The fourth-order valence-corrected chi connectivity index (χ4v) is 4.90. The Bertz CT molecular complexity index is 219. The van der Waals surface area contributed by atoms with Crippen molar-refractivity contribution < 1.29 is 9.78 Å². The summed E-state index contributed by atoms with van der Waals surface area (Å²) >= 11 is 0. The molecule has 0 amide bonds. The molecule has 1 saturated heterocycles. The number of rotatable bonds is 1. The highest BCUT2D eigenvalue weighted by Gasteiger charge is 2.52. The maximum absolute atomic E-state index is 5.26. The summed E-state index contributed by atoms with van der Waals surface area (Å²) in [7, 11) is 0. The Morgan fingerprint density at radius 2 is 1.36 bits per heavy atom. The monoisotopic (exact) mass is 194 g/mol. The predicted octanol–water partition coefficient (Wildman–Crippen LogP) is 2.39. The molecule has 4 saturated carbocycles. The third-order valence-corrected chi connectivity index (χ3v) is 5.15. The second-order valence-electron chi connectivity index (χ2n) is 5.93. The summed E-state index contributed by atoms with van der Waals surface area (Å²) in [5.41, 5.74) is 0. The molecule has 1 aliphatic heterocycles. The maximum Gasteiger partial charge on any atom is 0.123 e. The van der Waals surface area contributed by atoms with E-state index in [0.29, 0.717) is 6.10 Å². The smallest absolute Gasteiger partial charge is 0.123 e. The van der Waals surface area contributed by atoms with E-state index >= 15 is 0 Å². The summed E-state index contributed by atoms with van der Waals surface area (Å²) in [4.78, 5) is 10.1. The van der Waals surface area contributed by atoms with Gasteiger partial charge in [-0.15, -0.1) is 0 Å². The van der Waals surface area contributed by atoms with Crippen LogP contribution in [0.4, 0.5) is 0 Å². The highest BCUT2D eigenvalue weighted by Crippen LogP contribution is 2.58. The minimum absolute atomic E-state index is 0.463. The molecule has 5 aliphatic rings. The second-order valence-corrected chi connectivity index (χ2v) is 5.93. The first-order chi connectivity index (χ1) is 6.90. The molecule has 0 aromatic carbocycles. The molecule has 2 nitrogen and oxygen atoms in total. The van der Waals surface area contributed by atoms with E-state index in [-0.39, 0.29) is 0 Å². The van der Waals surface area contributed by atoms with Crippen LogP contribution in [0.15, 0.2) is 0 Å². The zero-order valence-electron chi connectivity index (χ0n) is 8.52. The van der Waals surface area contributed by atoms with E-state index in [0.717, 1.165) is 36.2 Å². The van der Waals surface area contributed by atoms with Crippen LogP contribution in [0.2, 0.25) is 0 Å². The van der Waals surface area contributed by atoms with Crippen LogP contribution in [0.1, 0.15) is 32.1 Å². The Balaban J connectivity index is 1.61. The molecule has 2 heteroatoms. The van der Waals surface area contributed by atoms with E-state index in [1.807, 2.05) is 0 Å². The summed E-state index contributed by atoms with van der Waals surface area (Å²) in [5.74, 6) is 4.99. The minimum atomic E-state index is 0.463. The first-order valence-corrected chi connectivity index (χ1v) is 6.18. The summed E-state index contributed by atoms with van der Waals surface area (Å²) in [6.45, 7) is 0.868. The van der Waals surface area contributed by atoms with Crippen molar-refractivity contribution in [1.29, 1.82) is 0 Å². The highest BCUT2D eigenvalue weighted by molar-refractivity contribution is 5.00. The third kappa shape index (κ3) is 0.989. The molecule has 1 heterocycles. The molecule has 5 fully saturated rings. The third-order valence-electron chi connectivity index (χ3n) is 5.15. The Labute approximate surface area is 84.9 Å². The van der Waals surface area contributed by atoms with Gasteiger partial charge in [-0.1, -0.05) is 0 Å². The minimum Gasteiger partial charge on any atom is -0.233 e. The van der Waals surface area contributed by atoms with Crippen LogP contribution < -0.4 is 0 Å². The lowest BCUT2D eigenvalue weighted by atomic mass is 9.51. The van der Waals surface area contributed by atoms with Crippen LogP contribution in [-0.2, 0) is 9.78 Å². The van der Waals surface area contributed by atoms with Gasteiger partial charge in [0.05, 0.1) is 0 Å². The van der Waals surface area contributed by atoms with Crippen LogP contribution >= 0.6 is 0 Å². The van der Waals surface area contributed by atoms with Crippen molar-refractivity contribution in [3.05, 3.63) is 0 Å². The molecule has 0 radical (unpaired) electrons. The van der Waals surface area contributed by atoms with Gasteiger partial charge in [-0.3, -0.25) is 0 Å².